The van der Waals surface area contributed by atoms with Gasteiger partial charge in [0.1, 0.15) is 10.6 Å². The van der Waals surface area contributed by atoms with Gasteiger partial charge in [-0.3, -0.25) is 0 Å². The lowest BCUT2D eigenvalue weighted by molar-refractivity contribution is 0.0444. The van der Waals surface area contributed by atoms with E-state index in [4.69, 9.17) is 13.9 Å². The summed E-state index contributed by atoms with van der Waals surface area (Å²) in [7, 11) is 1.60. The van der Waals surface area contributed by atoms with E-state index < -0.39 is 0 Å². The molecule has 0 fully saturated rings. The molecule has 2 aromatic heterocycles. The average Bonchev–Trinajstić information content (AvgIpc) is 3.22. The number of carbonyl (C=O) groups is 1. The molecular formula is C16H14N2O4S. The Morgan fingerprint density at radius 3 is 2.65 bits per heavy atom. The summed E-state index contributed by atoms with van der Waals surface area (Å²) in [6.07, 6.45) is 0. The third-order valence-electron chi connectivity index (χ3n) is 3.18. The minimum absolute atomic E-state index is 0.0562. The molecule has 0 bridgehead atoms. The molecule has 0 saturated carbocycles. The Hall–Kier alpha value is -2.67. The molecule has 118 valence electrons. The summed E-state index contributed by atoms with van der Waals surface area (Å²) < 4.78 is 15.8. The standard InChI is InChI=1S/C16H14N2O4S/c1-10-7-8-23-14(10)16(19)21-9-13-17-18-15(22-13)11-3-5-12(20-2)6-4-11/h3-8H,9H2,1-2H3. The first-order valence-electron chi connectivity index (χ1n) is 6.85. The van der Waals surface area contributed by atoms with E-state index in [2.05, 4.69) is 10.2 Å². The van der Waals surface area contributed by atoms with E-state index in [1.165, 1.54) is 11.3 Å². The maximum atomic E-state index is 11.9. The molecule has 0 aliphatic rings. The van der Waals surface area contributed by atoms with Crippen molar-refractivity contribution in [3.8, 4) is 17.2 Å². The van der Waals surface area contributed by atoms with Crippen LogP contribution in [0.4, 0.5) is 0 Å². The first-order chi connectivity index (χ1) is 11.2. The molecule has 3 aromatic rings. The monoisotopic (exact) mass is 330 g/mol. The number of nitrogens with zero attached hydrogens (tertiary/aromatic N) is 2. The Balaban J connectivity index is 1.65. The molecule has 0 amide bonds. The molecule has 0 radical (unpaired) electrons. The summed E-state index contributed by atoms with van der Waals surface area (Å²) >= 11 is 1.35. The quantitative estimate of drug-likeness (QED) is 0.667. The largest absolute Gasteiger partial charge is 0.497 e. The van der Waals surface area contributed by atoms with Crippen LogP contribution in [-0.2, 0) is 11.3 Å². The molecular weight excluding hydrogens is 316 g/mol. The highest BCUT2D eigenvalue weighted by Crippen LogP contribution is 2.22. The second-order valence-electron chi connectivity index (χ2n) is 4.74. The van der Waals surface area contributed by atoms with Crippen LogP contribution in [0, 0.1) is 6.92 Å². The number of esters is 1. The summed E-state index contributed by atoms with van der Waals surface area (Å²) in [4.78, 5) is 12.5. The first kappa shape index (κ1) is 15.2. The number of aryl methyl sites for hydroxylation is 1. The third kappa shape index (κ3) is 3.40. The number of methoxy groups -OCH3 is 1. The van der Waals surface area contributed by atoms with Gasteiger partial charge in [-0.05, 0) is 48.2 Å². The van der Waals surface area contributed by atoms with Crippen molar-refractivity contribution in [1.82, 2.24) is 10.2 Å². The van der Waals surface area contributed by atoms with E-state index in [0.717, 1.165) is 16.9 Å². The molecule has 0 atom stereocenters. The van der Waals surface area contributed by atoms with Crippen molar-refractivity contribution >= 4 is 17.3 Å². The van der Waals surface area contributed by atoms with E-state index >= 15 is 0 Å². The third-order valence-corrected chi connectivity index (χ3v) is 4.17. The number of hydrogen-bond donors (Lipinski definition) is 0. The Morgan fingerprint density at radius 2 is 2.00 bits per heavy atom. The van der Waals surface area contributed by atoms with Crippen molar-refractivity contribution in [3.63, 3.8) is 0 Å². The van der Waals surface area contributed by atoms with Gasteiger partial charge >= 0.3 is 5.97 Å². The lowest BCUT2D eigenvalue weighted by Crippen LogP contribution is -2.04. The fourth-order valence-electron chi connectivity index (χ4n) is 1.94. The zero-order chi connectivity index (χ0) is 16.2. The van der Waals surface area contributed by atoms with Gasteiger partial charge in [-0.25, -0.2) is 4.79 Å². The summed E-state index contributed by atoms with van der Waals surface area (Å²) in [6, 6.07) is 9.11. The Kier molecular flexibility index (Phi) is 4.38. The topological polar surface area (TPSA) is 74.5 Å². The van der Waals surface area contributed by atoms with Gasteiger partial charge in [0.2, 0.25) is 5.89 Å². The summed E-state index contributed by atoms with van der Waals surface area (Å²) in [5.41, 5.74) is 1.66. The van der Waals surface area contributed by atoms with Gasteiger partial charge in [-0.15, -0.1) is 21.5 Å². The predicted octanol–water partition coefficient (Wildman–Crippen LogP) is 3.47. The van der Waals surface area contributed by atoms with Crippen molar-refractivity contribution in [2.75, 3.05) is 7.11 Å². The van der Waals surface area contributed by atoms with Crippen LogP contribution in [0.25, 0.3) is 11.5 Å². The number of ether oxygens (including phenoxy) is 2. The van der Waals surface area contributed by atoms with E-state index in [1.54, 1.807) is 19.2 Å². The van der Waals surface area contributed by atoms with Crippen LogP contribution in [0.1, 0.15) is 21.1 Å². The Labute approximate surface area is 136 Å². The fourth-order valence-corrected chi connectivity index (χ4v) is 2.75. The summed E-state index contributed by atoms with van der Waals surface area (Å²) in [5.74, 6) is 0.972. The van der Waals surface area contributed by atoms with Crippen LogP contribution in [0.15, 0.2) is 40.1 Å². The fraction of sp³-hybridized carbons (Fsp3) is 0.188. The molecule has 0 saturated heterocycles. The maximum absolute atomic E-state index is 11.9. The van der Waals surface area contributed by atoms with Gasteiger partial charge in [-0.1, -0.05) is 0 Å². The summed E-state index contributed by atoms with van der Waals surface area (Å²) in [5, 5.41) is 9.69. The average molecular weight is 330 g/mol. The maximum Gasteiger partial charge on any atom is 0.349 e. The number of benzene rings is 1. The van der Waals surface area contributed by atoms with E-state index in [0.29, 0.717) is 10.8 Å². The van der Waals surface area contributed by atoms with Gasteiger partial charge in [0.05, 0.1) is 7.11 Å². The zero-order valence-electron chi connectivity index (χ0n) is 12.6. The Bertz CT molecular complexity index is 808. The van der Waals surface area contributed by atoms with E-state index in [-0.39, 0.29) is 18.5 Å². The number of aromatic nitrogens is 2. The molecule has 23 heavy (non-hydrogen) atoms. The second-order valence-corrected chi connectivity index (χ2v) is 5.65. The van der Waals surface area contributed by atoms with Gasteiger partial charge in [0.15, 0.2) is 6.61 Å². The number of rotatable bonds is 5. The molecule has 6 nitrogen and oxygen atoms in total. The van der Waals surface area contributed by atoms with Crippen LogP contribution < -0.4 is 4.74 Å². The number of hydrogen-bond acceptors (Lipinski definition) is 7. The molecule has 1 aromatic carbocycles. The number of thiophene rings is 1. The molecule has 0 aliphatic heterocycles. The van der Waals surface area contributed by atoms with E-state index in [1.807, 2.05) is 30.5 Å². The normalized spacial score (nSPS) is 10.5. The molecule has 3 rings (SSSR count). The molecule has 0 spiro atoms. The SMILES string of the molecule is COc1ccc(-c2nnc(COC(=O)c3sccc3C)o2)cc1. The van der Waals surface area contributed by atoms with Crippen molar-refractivity contribution in [3.05, 3.63) is 52.0 Å². The van der Waals surface area contributed by atoms with Gasteiger partial charge in [-0.2, -0.15) is 0 Å². The summed E-state index contributed by atoms with van der Waals surface area (Å²) in [6.45, 7) is 1.81. The van der Waals surface area contributed by atoms with Crippen LogP contribution >= 0.6 is 11.3 Å². The lowest BCUT2D eigenvalue weighted by Gasteiger charge is -2.01. The second kappa shape index (κ2) is 6.62. The molecule has 0 aliphatic carbocycles. The van der Waals surface area contributed by atoms with Crippen molar-refractivity contribution in [2.45, 2.75) is 13.5 Å². The predicted molar refractivity (Wildman–Crippen MR) is 84.5 cm³/mol. The molecule has 7 heteroatoms. The highest BCUT2D eigenvalue weighted by atomic mass is 32.1. The molecule has 0 unspecified atom stereocenters. The van der Waals surface area contributed by atoms with Crippen LogP contribution in [0.3, 0.4) is 0 Å². The molecule has 0 N–H and O–H groups in total. The smallest absolute Gasteiger partial charge is 0.349 e. The van der Waals surface area contributed by atoms with Gasteiger partial charge < -0.3 is 13.9 Å². The Morgan fingerprint density at radius 1 is 1.22 bits per heavy atom. The van der Waals surface area contributed by atoms with Crippen molar-refractivity contribution in [1.29, 1.82) is 0 Å². The lowest BCUT2D eigenvalue weighted by atomic mass is 10.2. The minimum atomic E-state index is -0.387. The molecule has 2 heterocycles. The number of carbonyl (C=O) groups excluding carboxylic acids is 1. The van der Waals surface area contributed by atoms with Crippen LogP contribution in [0.5, 0.6) is 5.75 Å². The van der Waals surface area contributed by atoms with Crippen LogP contribution in [0.2, 0.25) is 0 Å². The van der Waals surface area contributed by atoms with Crippen molar-refractivity contribution in [2.24, 2.45) is 0 Å². The highest BCUT2D eigenvalue weighted by Gasteiger charge is 2.15. The zero-order valence-corrected chi connectivity index (χ0v) is 13.4. The van der Waals surface area contributed by atoms with Crippen LogP contribution in [-0.4, -0.2) is 23.3 Å². The minimum Gasteiger partial charge on any atom is -0.497 e. The first-order valence-corrected chi connectivity index (χ1v) is 7.73. The van der Waals surface area contributed by atoms with Crippen molar-refractivity contribution < 1.29 is 18.7 Å². The van der Waals surface area contributed by atoms with Gasteiger partial charge in [0, 0.05) is 5.56 Å². The van der Waals surface area contributed by atoms with E-state index in [9.17, 15) is 4.79 Å². The highest BCUT2D eigenvalue weighted by molar-refractivity contribution is 7.12. The van der Waals surface area contributed by atoms with Gasteiger partial charge in [0.25, 0.3) is 5.89 Å².